The fraction of sp³-hybridized carbons (Fsp3) is 0.667. The SMILES string of the molecule is CC#C[C@]1(O)CC[C@H]2[C@@H]3CC[C@@]4(O)CC5(CCC4=C3[C@@H](c3ccc(CO)cc3)C[C@@]21C)OCCO5. The zero-order valence-electron chi connectivity index (χ0n) is 21.0. The molecule has 3 saturated carbocycles. The van der Waals surface area contributed by atoms with Crippen molar-refractivity contribution < 1.29 is 24.8 Å². The Hall–Kier alpha value is -1.68. The van der Waals surface area contributed by atoms with E-state index in [0.717, 1.165) is 37.7 Å². The van der Waals surface area contributed by atoms with E-state index in [4.69, 9.17) is 9.47 Å². The van der Waals surface area contributed by atoms with Crippen molar-refractivity contribution in [2.75, 3.05) is 13.2 Å². The summed E-state index contributed by atoms with van der Waals surface area (Å²) in [4.78, 5) is 0. The minimum atomic E-state index is -0.984. The summed E-state index contributed by atoms with van der Waals surface area (Å²) in [6, 6.07) is 8.26. The van der Waals surface area contributed by atoms with Gasteiger partial charge in [0.05, 0.1) is 25.4 Å². The van der Waals surface area contributed by atoms with Crippen LogP contribution in [0.1, 0.15) is 82.3 Å². The molecule has 1 aromatic rings. The smallest absolute Gasteiger partial charge is 0.171 e. The molecule has 35 heavy (non-hydrogen) atoms. The molecular weight excluding hydrogens is 440 g/mol. The van der Waals surface area contributed by atoms with Gasteiger partial charge in [-0.05, 0) is 74.0 Å². The van der Waals surface area contributed by atoms with E-state index in [9.17, 15) is 15.3 Å². The van der Waals surface area contributed by atoms with Crippen LogP contribution in [-0.4, -0.2) is 45.5 Å². The molecule has 0 unspecified atom stereocenters. The van der Waals surface area contributed by atoms with E-state index in [-0.39, 0.29) is 17.9 Å². The zero-order chi connectivity index (χ0) is 24.5. The van der Waals surface area contributed by atoms with Gasteiger partial charge in [0.1, 0.15) is 5.60 Å². The lowest BCUT2D eigenvalue weighted by molar-refractivity contribution is -0.208. The Morgan fingerprint density at radius 3 is 2.46 bits per heavy atom. The highest BCUT2D eigenvalue weighted by atomic mass is 16.7. The molecule has 0 radical (unpaired) electrons. The Balaban J connectivity index is 1.48. The second-order valence-corrected chi connectivity index (χ2v) is 11.8. The van der Waals surface area contributed by atoms with E-state index in [1.54, 1.807) is 0 Å². The number of ether oxygens (including phenoxy) is 2. The first kappa shape index (κ1) is 23.7. The number of aliphatic hydroxyl groups excluding tert-OH is 1. The van der Waals surface area contributed by atoms with E-state index in [1.165, 1.54) is 16.7 Å². The summed E-state index contributed by atoms with van der Waals surface area (Å²) < 4.78 is 12.1. The molecule has 1 heterocycles. The van der Waals surface area contributed by atoms with Gasteiger partial charge in [0.25, 0.3) is 0 Å². The maximum Gasteiger partial charge on any atom is 0.171 e. The van der Waals surface area contributed by atoms with Crippen molar-refractivity contribution in [3.05, 3.63) is 46.5 Å². The Morgan fingerprint density at radius 1 is 1.03 bits per heavy atom. The number of hydrogen-bond acceptors (Lipinski definition) is 5. The van der Waals surface area contributed by atoms with Gasteiger partial charge in [0.2, 0.25) is 0 Å². The van der Waals surface area contributed by atoms with Crippen molar-refractivity contribution in [3.8, 4) is 11.8 Å². The number of fused-ring (bicyclic) bond motifs is 4. The van der Waals surface area contributed by atoms with Crippen LogP contribution in [0.5, 0.6) is 0 Å². The van der Waals surface area contributed by atoms with Crippen LogP contribution in [0, 0.1) is 29.1 Å². The van der Waals surface area contributed by atoms with Gasteiger partial charge < -0.3 is 24.8 Å². The Labute approximate surface area is 208 Å². The van der Waals surface area contributed by atoms with E-state index in [0.29, 0.717) is 44.3 Å². The first-order valence-electron chi connectivity index (χ1n) is 13.4. The molecule has 0 bridgehead atoms. The number of benzene rings is 1. The van der Waals surface area contributed by atoms with Crippen LogP contribution >= 0.6 is 0 Å². The number of allylic oxidation sites excluding steroid dienone is 1. The molecule has 4 aliphatic carbocycles. The summed E-state index contributed by atoms with van der Waals surface area (Å²) >= 11 is 0. The molecule has 1 aromatic carbocycles. The molecule has 4 fully saturated rings. The lowest BCUT2D eigenvalue weighted by Crippen LogP contribution is -2.55. The topological polar surface area (TPSA) is 79.2 Å². The molecule has 0 aromatic heterocycles. The molecule has 1 saturated heterocycles. The second-order valence-electron chi connectivity index (χ2n) is 11.8. The van der Waals surface area contributed by atoms with Gasteiger partial charge in [-0.25, -0.2) is 0 Å². The highest BCUT2D eigenvalue weighted by Gasteiger charge is 2.64. The van der Waals surface area contributed by atoms with Crippen molar-refractivity contribution >= 4 is 0 Å². The van der Waals surface area contributed by atoms with E-state index in [1.807, 2.05) is 19.1 Å². The minimum Gasteiger partial charge on any atom is -0.392 e. The Kier molecular flexibility index (Phi) is 5.53. The predicted molar refractivity (Wildman–Crippen MR) is 132 cm³/mol. The van der Waals surface area contributed by atoms with Crippen molar-refractivity contribution in [2.45, 2.75) is 94.7 Å². The largest absolute Gasteiger partial charge is 0.392 e. The highest BCUT2D eigenvalue weighted by Crippen LogP contribution is 2.67. The summed E-state index contributed by atoms with van der Waals surface area (Å²) in [5, 5.41) is 33.5. The van der Waals surface area contributed by atoms with E-state index in [2.05, 4.69) is 30.9 Å². The van der Waals surface area contributed by atoms with Gasteiger partial charge in [-0.15, -0.1) is 5.92 Å². The summed E-state index contributed by atoms with van der Waals surface area (Å²) in [6.45, 7) is 5.29. The Bertz CT molecular complexity index is 1090. The quantitative estimate of drug-likeness (QED) is 0.439. The number of hydrogen-bond donors (Lipinski definition) is 3. The summed E-state index contributed by atoms with van der Waals surface area (Å²) in [7, 11) is 0. The maximum absolute atomic E-state index is 12.1. The third-order valence-corrected chi connectivity index (χ3v) is 10.3. The van der Waals surface area contributed by atoms with Crippen LogP contribution in [0.3, 0.4) is 0 Å². The molecule has 0 amide bonds. The number of rotatable bonds is 2. The van der Waals surface area contributed by atoms with Gasteiger partial charge in [0.15, 0.2) is 5.79 Å². The fourth-order valence-electron chi connectivity index (χ4n) is 8.58. The van der Waals surface area contributed by atoms with Crippen LogP contribution in [0.15, 0.2) is 35.4 Å². The molecule has 5 nitrogen and oxygen atoms in total. The monoisotopic (exact) mass is 478 g/mol. The lowest BCUT2D eigenvalue weighted by Gasteiger charge is -2.57. The molecule has 1 aliphatic heterocycles. The third kappa shape index (κ3) is 3.41. The molecule has 6 rings (SSSR count). The van der Waals surface area contributed by atoms with Gasteiger partial charge in [-0.1, -0.05) is 42.7 Å². The molecular formula is C30H38O5. The van der Waals surface area contributed by atoms with E-state index >= 15 is 0 Å². The summed E-state index contributed by atoms with van der Waals surface area (Å²) in [6.07, 6.45) is 6.19. The fourth-order valence-corrected chi connectivity index (χ4v) is 8.58. The third-order valence-electron chi connectivity index (χ3n) is 10.3. The molecule has 188 valence electrons. The molecule has 1 spiro atoms. The van der Waals surface area contributed by atoms with Gasteiger partial charge >= 0.3 is 0 Å². The average Bonchev–Trinajstić information content (AvgIpc) is 3.40. The van der Waals surface area contributed by atoms with Crippen molar-refractivity contribution in [1.82, 2.24) is 0 Å². The lowest BCUT2D eigenvalue weighted by atomic mass is 9.49. The molecule has 5 aliphatic rings. The zero-order valence-corrected chi connectivity index (χ0v) is 21.0. The van der Waals surface area contributed by atoms with Crippen molar-refractivity contribution in [1.29, 1.82) is 0 Å². The maximum atomic E-state index is 12.1. The Morgan fingerprint density at radius 2 is 1.77 bits per heavy atom. The average molecular weight is 479 g/mol. The van der Waals surface area contributed by atoms with Crippen LogP contribution < -0.4 is 0 Å². The standard InChI is InChI=1S/C30H38O5/c1-3-11-29(33)13-9-24-22-8-12-28(32)19-30(34-15-16-35-30)14-10-25(28)26(22)23(17-27(24,29)2)21-6-4-20(18-31)5-7-21/h4-7,22-24,31-33H,8-10,12-19H2,1-2H3/t22-,23+,24-,27-,28+,29-/m0/s1. The van der Waals surface area contributed by atoms with Crippen LogP contribution in [-0.2, 0) is 16.1 Å². The number of aliphatic hydroxyl groups is 3. The minimum absolute atomic E-state index is 0.0228. The van der Waals surface area contributed by atoms with Crippen LogP contribution in [0.2, 0.25) is 0 Å². The van der Waals surface area contributed by atoms with Gasteiger partial charge in [-0.2, -0.15) is 0 Å². The summed E-state index contributed by atoms with van der Waals surface area (Å²) in [5.41, 5.74) is 2.51. The predicted octanol–water partition coefficient (Wildman–Crippen LogP) is 4.20. The normalized spacial score (nSPS) is 41.7. The first-order chi connectivity index (χ1) is 16.8. The van der Waals surface area contributed by atoms with E-state index < -0.39 is 17.0 Å². The highest BCUT2D eigenvalue weighted by molar-refractivity contribution is 5.45. The summed E-state index contributed by atoms with van der Waals surface area (Å²) in [5.74, 6) is 6.39. The van der Waals surface area contributed by atoms with Crippen LogP contribution in [0.25, 0.3) is 0 Å². The van der Waals surface area contributed by atoms with Crippen LogP contribution in [0.4, 0.5) is 0 Å². The molecule has 3 N–H and O–H groups in total. The van der Waals surface area contributed by atoms with Crippen molar-refractivity contribution in [3.63, 3.8) is 0 Å². The second kappa shape index (κ2) is 8.16. The van der Waals surface area contributed by atoms with Gasteiger partial charge in [0, 0.05) is 24.2 Å². The first-order valence-corrected chi connectivity index (χ1v) is 13.4. The molecule has 5 heteroatoms. The van der Waals surface area contributed by atoms with Crippen molar-refractivity contribution in [2.24, 2.45) is 17.3 Å². The van der Waals surface area contributed by atoms with Gasteiger partial charge in [-0.3, -0.25) is 0 Å². The molecule has 6 atom stereocenters.